The van der Waals surface area contributed by atoms with Gasteiger partial charge in [0.2, 0.25) is 0 Å². The van der Waals surface area contributed by atoms with E-state index in [-0.39, 0.29) is 17.6 Å². The van der Waals surface area contributed by atoms with Crippen LogP contribution in [-0.2, 0) is 0 Å². The number of para-hydroxylation sites is 1. The Labute approximate surface area is 229 Å². The molecule has 1 aliphatic rings. The summed E-state index contributed by atoms with van der Waals surface area (Å²) in [7, 11) is 1.59. The van der Waals surface area contributed by atoms with Gasteiger partial charge in [0.25, 0.3) is 11.8 Å². The van der Waals surface area contributed by atoms with Crippen LogP contribution in [0.3, 0.4) is 0 Å². The Hall–Kier alpha value is -3.91. The minimum absolute atomic E-state index is 0.0493. The van der Waals surface area contributed by atoms with Crippen molar-refractivity contribution in [2.24, 2.45) is 0 Å². The van der Waals surface area contributed by atoms with Gasteiger partial charge in [-0.1, -0.05) is 40.2 Å². The Kier molecular flexibility index (Phi) is 7.33. The van der Waals surface area contributed by atoms with Crippen LogP contribution in [0.4, 0.5) is 4.39 Å². The third-order valence-corrected chi connectivity index (χ3v) is 7.41. The molecule has 1 saturated heterocycles. The molecule has 0 unspecified atom stereocenters. The van der Waals surface area contributed by atoms with Crippen LogP contribution in [0.15, 0.2) is 83.3 Å². The van der Waals surface area contributed by atoms with E-state index in [1.165, 1.54) is 6.07 Å². The number of benzene rings is 3. The van der Waals surface area contributed by atoms with Crippen LogP contribution >= 0.6 is 15.9 Å². The molecule has 1 aromatic heterocycles. The summed E-state index contributed by atoms with van der Waals surface area (Å²) < 4.78 is 23.1. The zero-order valence-electron chi connectivity index (χ0n) is 21.2. The van der Waals surface area contributed by atoms with Gasteiger partial charge in [0.1, 0.15) is 11.6 Å². The Balaban J connectivity index is 1.44. The van der Waals surface area contributed by atoms with Gasteiger partial charge in [-0.3, -0.25) is 9.59 Å². The molecule has 38 heavy (non-hydrogen) atoms. The number of halogens is 2. The monoisotopic (exact) mass is 575 g/mol. The quantitative estimate of drug-likeness (QED) is 0.295. The first-order chi connectivity index (χ1) is 18.4. The lowest BCUT2D eigenvalue weighted by Gasteiger charge is -2.35. The van der Waals surface area contributed by atoms with Crippen LogP contribution in [0, 0.1) is 12.7 Å². The van der Waals surface area contributed by atoms with Crippen molar-refractivity contribution in [1.82, 2.24) is 14.4 Å². The molecule has 1 aliphatic heterocycles. The first-order valence-corrected chi connectivity index (χ1v) is 13.1. The van der Waals surface area contributed by atoms with Crippen LogP contribution in [0.2, 0.25) is 0 Å². The third-order valence-electron chi connectivity index (χ3n) is 6.88. The number of amides is 2. The highest BCUT2D eigenvalue weighted by Crippen LogP contribution is 2.33. The highest BCUT2D eigenvalue weighted by molar-refractivity contribution is 9.10. The van der Waals surface area contributed by atoms with Crippen molar-refractivity contribution in [3.63, 3.8) is 0 Å². The Morgan fingerprint density at radius 3 is 2.16 bits per heavy atom. The Morgan fingerprint density at radius 1 is 0.842 bits per heavy atom. The number of hydrogen-bond acceptors (Lipinski definition) is 3. The van der Waals surface area contributed by atoms with Crippen LogP contribution in [-0.4, -0.2) is 59.5 Å². The second-order valence-electron chi connectivity index (χ2n) is 9.14. The van der Waals surface area contributed by atoms with Crippen molar-refractivity contribution in [2.75, 3.05) is 33.3 Å². The molecular formula is C30H27BrFN3O3. The maximum Gasteiger partial charge on any atom is 0.255 e. The minimum Gasteiger partial charge on any atom is -0.497 e. The van der Waals surface area contributed by atoms with Gasteiger partial charge in [-0.05, 0) is 61.5 Å². The molecule has 0 N–H and O–H groups in total. The van der Waals surface area contributed by atoms with Gasteiger partial charge in [0.05, 0.1) is 24.1 Å². The molecule has 8 heteroatoms. The molecule has 2 amide bonds. The van der Waals surface area contributed by atoms with E-state index < -0.39 is 0 Å². The fourth-order valence-corrected chi connectivity index (χ4v) is 5.08. The van der Waals surface area contributed by atoms with Gasteiger partial charge in [-0.15, -0.1) is 0 Å². The average molecular weight is 576 g/mol. The van der Waals surface area contributed by atoms with Crippen LogP contribution in [0.5, 0.6) is 5.75 Å². The second kappa shape index (κ2) is 10.8. The molecule has 0 atom stereocenters. The summed E-state index contributed by atoms with van der Waals surface area (Å²) in [4.78, 5) is 30.2. The van der Waals surface area contributed by atoms with Gasteiger partial charge >= 0.3 is 0 Å². The summed E-state index contributed by atoms with van der Waals surface area (Å²) in [5, 5.41) is 0. The average Bonchev–Trinajstić information content (AvgIpc) is 3.29. The molecule has 3 aromatic carbocycles. The highest BCUT2D eigenvalue weighted by atomic mass is 79.9. The minimum atomic E-state index is -0.380. The molecule has 4 aromatic rings. The summed E-state index contributed by atoms with van der Waals surface area (Å²) in [6, 6.07) is 23.1. The van der Waals surface area contributed by atoms with Crippen molar-refractivity contribution < 1.29 is 18.7 Å². The van der Waals surface area contributed by atoms with E-state index in [9.17, 15) is 14.0 Å². The topological polar surface area (TPSA) is 54.8 Å². The number of piperazine rings is 1. The van der Waals surface area contributed by atoms with Crippen molar-refractivity contribution >= 4 is 27.7 Å². The molecule has 0 spiro atoms. The number of ether oxygens (including phenoxy) is 1. The zero-order valence-corrected chi connectivity index (χ0v) is 22.7. The molecule has 2 heterocycles. The fourth-order valence-electron chi connectivity index (χ4n) is 4.82. The molecule has 194 valence electrons. The predicted octanol–water partition coefficient (Wildman–Crippen LogP) is 5.96. The summed E-state index contributed by atoms with van der Waals surface area (Å²) in [6.45, 7) is 3.55. The lowest BCUT2D eigenvalue weighted by atomic mass is 10.1. The zero-order chi connectivity index (χ0) is 26.8. The van der Waals surface area contributed by atoms with Crippen molar-refractivity contribution in [1.29, 1.82) is 0 Å². The first-order valence-electron chi connectivity index (χ1n) is 12.3. The number of nitrogens with zero attached hydrogens (tertiary/aromatic N) is 3. The van der Waals surface area contributed by atoms with Gasteiger partial charge in [0, 0.05) is 47.5 Å². The molecule has 0 aliphatic carbocycles. The molecule has 6 nitrogen and oxygen atoms in total. The summed E-state index contributed by atoms with van der Waals surface area (Å²) in [5.41, 5.74) is 3.63. The van der Waals surface area contributed by atoms with Crippen molar-refractivity contribution in [3.8, 4) is 22.7 Å². The Bertz CT molecular complexity index is 1490. The SMILES string of the molecule is COc1cccc(-c2cc(C(=O)N3CCN(C(=O)c4ccc(Br)cc4)CC3)c(C)n2-c2ccccc2F)c1. The normalized spacial score (nSPS) is 13.5. The summed E-state index contributed by atoms with van der Waals surface area (Å²) in [6.07, 6.45) is 0. The molecule has 0 radical (unpaired) electrons. The smallest absolute Gasteiger partial charge is 0.255 e. The van der Waals surface area contributed by atoms with Gasteiger partial charge < -0.3 is 19.1 Å². The summed E-state index contributed by atoms with van der Waals surface area (Å²) >= 11 is 3.39. The first kappa shape index (κ1) is 25.7. The third kappa shape index (κ3) is 4.96. The van der Waals surface area contributed by atoms with E-state index in [0.29, 0.717) is 60.1 Å². The molecular weight excluding hydrogens is 549 g/mol. The predicted molar refractivity (Wildman–Crippen MR) is 148 cm³/mol. The largest absolute Gasteiger partial charge is 0.497 e. The number of rotatable bonds is 5. The van der Waals surface area contributed by atoms with Gasteiger partial charge in [0.15, 0.2) is 0 Å². The lowest BCUT2D eigenvalue weighted by Crippen LogP contribution is -2.50. The second-order valence-corrected chi connectivity index (χ2v) is 10.1. The van der Waals surface area contributed by atoms with Gasteiger partial charge in [-0.2, -0.15) is 0 Å². The van der Waals surface area contributed by atoms with E-state index in [4.69, 9.17) is 4.74 Å². The van der Waals surface area contributed by atoms with E-state index in [1.807, 2.05) is 49.4 Å². The standard InChI is InChI=1S/C30H27BrFN3O3/c1-20-25(30(37)34-16-14-33(15-17-34)29(36)21-10-12-23(31)13-11-21)19-28(22-6-5-7-24(18-22)38-2)35(20)27-9-4-3-8-26(27)32/h3-13,18-19H,14-17H2,1-2H3. The number of carbonyl (C=O) groups excluding carboxylic acids is 2. The molecule has 0 saturated carbocycles. The fraction of sp³-hybridized carbons (Fsp3) is 0.200. The maximum absolute atomic E-state index is 15.0. The molecule has 1 fully saturated rings. The van der Waals surface area contributed by atoms with E-state index in [1.54, 1.807) is 51.8 Å². The van der Waals surface area contributed by atoms with Crippen molar-refractivity contribution in [2.45, 2.75) is 6.92 Å². The Morgan fingerprint density at radius 2 is 1.50 bits per heavy atom. The highest BCUT2D eigenvalue weighted by Gasteiger charge is 2.29. The number of aromatic nitrogens is 1. The van der Waals surface area contributed by atoms with Crippen LogP contribution < -0.4 is 4.74 Å². The van der Waals surface area contributed by atoms with Gasteiger partial charge in [-0.25, -0.2) is 4.39 Å². The van der Waals surface area contributed by atoms with E-state index in [0.717, 1.165) is 10.0 Å². The number of carbonyl (C=O) groups is 2. The van der Waals surface area contributed by atoms with E-state index in [2.05, 4.69) is 15.9 Å². The van der Waals surface area contributed by atoms with E-state index >= 15 is 0 Å². The number of methoxy groups -OCH3 is 1. The number of hydrogen-bond donors (Lipinski definition) is 0. The maximum atomic E-state index is 15.0. The molecule has 5 rings (SSSR count). The summed E-state index contributed by atoms with van der Waals surface area (Å²) in [5.74, 6) is 0.0968. The van der Waals surface area contributed by atoms with Crippen LogP contribution in [0.1, 0.15) is 26.4 Å². The lowest BCUT2D eigenvalue weighted by molar-refractivity contribution is 0.0535. The van der Waals surface area contributed by atoms with Crippen molar-refractivity contribution in [3.05, 3.63) is 106 Å². The van der Waals surface area contributed by atoms with Crippen LogP contribution in [0.25, 0.3) is 16.9 Å². The molecule has 0 bridgehead atoms.